The van der Waals surface area contributed by atoms with Crippen molar-refractivity contribution in [3.05, 3.63) is 47.2 Å². The van der Waals surface area contributed by atoms with Crippen LogP contribution >= 0.6 is 0 Å². The van der Waals surface area contributed by atoms with Crippen LogP contribution in [0.4, 0.5) is 0 Å². The van der Waals surface area contributed by atoms with Crippen LogP contribution in [0.5, 0.6) is 0 Å². The number of aromatic nitrogens is 1. The minimum absolute atomic E-state index is 0.661. The molecule has 1 saturated heterocycles. The lowest BCUT2D eigenvalue weighted by atomic mass is 9.71. The van der Waals surface area contributed by atoms with E-state index < -0.39 is 0 Å². The standard InChI is InChI=1S/C19H22N2/c1-2-13-9-12-10-16-18-15(7-8-21(11-12)19(13)16)14-5-3-4-6-17(14)20-18/h3-6,9,12,16,19-20H,2,7-8,10-11H2,1H3. The predicted molar refractivity (Wildman–Crippen MR) is 86.6 cm³/mol. The summed E-state index contributed by atoms with van der Waals surface area (Å²) in [5.41, 5.74) is 6.17. The molecule has 1 aromatic carbocycles. The Kier molecular flexibility index (Phi) is 2.43. The van der Waals surface area contributed by atoms with E-state index in [1.807, 2.05) is 0 Å². The fourth-order valence-corrected chi connectivity index (χ4v) is 5.11. The summed E-state index contributed by atoms with van der Waals surface area (Å²) in [5, 5.41) is 1.46. The van der Waals surface area contributed by atoms with E-state index >= 15 is 0 Å². The van der Waals surface area contributed by atoms with Crippen molar-refractivity contribution >= 4 is 10.9 Å². The summed E-state index contributed by atoms with van der Waals surface area (Å²) in [6.45, 7) is 4.84. The van der Waals surface area contributed by atoms with Crippen molar-refractivity contribution in [1.82, 2.24) is 9.88 Å². The van der Waals surface area contributed by atoms with Crippen LogP contribution in [-0.2, 0) is 6.42 Å². The largest absolute Gasteiger partial charge is 0.358 e. The highest BCUT2D eigenvalue weighted by Gasteiger charge is 2.44. The Morgan fingerprint density at radius 1 is 1.29 bits per heavy atom. The molecule has 2 heteroatoms. The summed E-state index contributed by atoms with van der Waals surface area (Å²) in [5.74, 6) is 1.46. The molecule has 0 saturated carbocycles. The number of hydrogen-bond acceptors (Lipinski definition) is 1. The molecular formula is C19H22N2. The number of aromatic amines is 1. The summed E-state index contributed by atoms with van der Waals surface area (Å²) in [6.07, 6.45) is 6.34. The number of fused-ring (bicyclic) bond motifs is 3. The molecule has 0 amide bonds. The molecule has 21 heavy (non-hydrogen) atoms. The molecular weight excluding hydrogens is 256 g/mol. The van der Waals surface area contributed by atoms with Crippen molar-refractivity contribution in [1.29, 1.82) is 0 Å². The fraction of sp³-hybridized carbons (Fsp3) is 0.474. The molecule has 1 N–H and O–H groups in total. The van der Waals surface area contributed by atoms with E-state index in [0.29, 0.717) is 12.0 Å². The molecule has 2 aromatic rings. The Balaban J connectivity index is 1.72. The smallest absolute Gasteiger partial charge is 0.0459 e. The molecule has 4 heterocycles. The molecule has 4 aliphatic rings. The molecule has 0 spiro atoms. The first-order chi connectivity index (χ1) is 10.3. The molecule has 1 aromatic heterocycles. The molecule has 3 aliphatic heterocycles. The topological polar surface area (TPSA) is 19.0 Å². The number of rotatable bonds is 1. The zero-order chi connectivity index (χ0) is 14.0. The van der Waals surface area contributed by atoms with E-state index in [4.69, 9.17) is 0 Å². The van der Waals surface area contributed by atoms with Crippen LogP contribution in [0.3, 0.4) is 0 Å². The van der Waals surface area contributed by atoms with Gasteiger partial charge in [-0.25, -0.2) is 0 Å². The first-order valence-corrected chi connectivity index (χ1v) is 8.39. The van der Waals surface area contributed by atoms with E-state index in [9.17, 15) is 0 Å². The highest BCUT2D eigenvalue weighted by molar-refractivity contribution is 5.85. The summed E-state index contributed by atoms with van der Waals surface area (Å²) in [4.78, 5) is 6.55. The van der Waals surface area contributed by atoms with Crippen molar-refractivity contribution in [2.24, 2.45) is 5.92 Å². The third kappa shape index (κ3) is 1.57. The van der Waals surface area contributed by atoms with Gasteiger partial charge in [0, 0.05) is 41.6 Å². The average molecular weight is 278 g/mol. The second-order valence-electron chi connectivity index (χ2n) is 6.95. The van der Waals surface area contributed by atoms with Gasteiger partial charge in [-0.15, -0.1) is 0 Å². The van der Waals surface area contributed by atoms with Gasteiger partial charge in [0.05, 0.1) is 0 Å². The Morgan fingerprint density at radius 2 is 2.19 bits per heavy atom. The van der Waals surface area contributed by atoms with Gasteiger partial charge in [-0.3, -0.25) is 4.90 Å². The van der Waals surface area contributed by atoms with E-state index in [1.54, 1.807) is 16.8 Å². The third-order valence-corrected chi connectivity index (χ3v) is 5.90. The molecule has 4 unspecified atom stereocenters. The minimum atomic E-state index is 0.661. The maximum Gasteiger partial charge on any atom is 0.0459 e. The van der Waals surface area contributed by atoms with Crippen LogP contribution < -0.4 is 0 Å². The number of para-hydroxylation sites is 1. The zero-order valence-corrected chi connectivity index (χ0v) is 12.6. The summed E-state index contributed by atoms with van der Waals surface area (Å²) < 4.78 is 0. The third-order valence-electron chi connectivity index (χ3n) is 5.90. The number of hydrogen-bond donors (Lipinski definition) is 1. The summed E-state index contributed by atoms with van der Waals surface area (Å²) >= 11 is 0. The van der Waals surface area contributed by atoms with Gasteiger partial charge in [-0.1, -0.05) is 36.8 Å². The molecule has 4 bridgehead atoms. The molecule has 108 valence electrons. The number of benzene rings is 1. The summed E-state index contributed by atoms with van der Waals surface area (Å²) in [7, 11) is 0. The number of nitrogens with one attached hydrogen (secondary N) is 1. The minimum Gasteiger partial charge on any atom is -0.358 e. The van der Waals surface area contributed by atoms with Crippen LogP contribution in [0, 0.1) is 5.92 Å². The Labute approximate surface area is 125 Å². The Bertz CT molecular complexity index is 739. The lowest BCUT2D eigenvalue weighted by molar-refractivity contribution is 0.111. The van der Waals surface area contributed by atoms with Crippen molar-refractivity contribution in [3.8, 4) is 0 Å². The van der Waals surface area contributed by atoms with Crippen LogP contribution in [0.15, 0.2) is 35.9 Å². The van der Waals surface area contributed by atoms with Crippen molar-refractivity contribution in [2.45, 2.75) is 38.1 Å². The number of nitrogens with zero attached hydrogens (tertiary/aromatic N) is 1. The predicted octanol–water partition coefficient (Wildman–Crippen LogP) is 3.85. The quantitative estimate of drug-likeness (QED) is 0.785. The van der Waals surface area contributed by atoms with Gasteiger partial charge in [0.1, 0.15) is 0 Å². The molecule has 1 fully saturated rings. The molecule has 0 radical (unpaired) electrons. The average Bonchev–Trinajstić information content (AvgIpc) is 2.86. The maximum absolute atomic E-state index is 3.79. The second kappa shape index (κ2) is 4.23. The molecule has 1 aliphatic carbocycles. The normalized spacial score (nSPS) is 33.7. The molecule has 4 atom stereocenters. The number of H-pyrrole nitrogens is 1. The van der Waals surface area contributed by atoms with Gasteiger partial charge in [0.2, 0.25) is 0 Å². The monoisotopic (exact) mass is 278 g/mol. The first kappa shape index (κ1) is 12.0. The highest BCUT2D eigenvalue weighted by Crippen LogP contribution is 2.48. The highest BCUT2D eigenvalue weighted by atomic mass is 15.2. The maximum atomic E-state index is 3.79. The van der Waals surface area contributed by atoms with Gasteiger partial charge in [0.15, 0.2) is 0 Å². The van der Waals surface area contributed by atoms with E-state index in [0.717, 1.165) is 5.92 Å². The Hall–Kier alpha value is -1.54. The fourth-order valence-electron chi connectivity index (χ4n) is 5.11. The Morgan fingerprint density at radius 3 is 3.10 bits per heavy atom. The second-order valence-corrected chi connectivity index (χ2v) is 6.95. The molecule has 2 nitrogen and oxygen atoms in total. The van der Waals surface area contributed by atoms with Crippen LogP contribution in [0.25, 0.3) is 10.9 Å². The lowest BCUT2D eigenvalue weighted by Crippen LogP contribution is -2.51. The lowest BCUT2D eigenvalue weighted by Gasteiger charge is -2.48. The van der Waals surface area contributed by atoms with E-state index in [1.165, 1.54) is 43.3 Å². The van der Waals surface area contributed by atoms with Gasteiger partial charge in [-0.2, -0.15) is 0 Å². The van der Waals surface area contributed by atoms with Crippen LogP contribution in [-0.4, -0.2) is 29.0 Å². The van der Waals surface area contributed by atoms with Gasteiger partial charge in [-0.05, 0) is 36.8 Å². The van der Waals surface area contributed by atoms with Crippen molar-refractivity contribution < 1.29 is 0 Å². The van der Waals surface area contributed by atoms with E-state index in [2.05, 4.69) is 47.1 Å². The SMILES string of the molecule is CCC1=CC2CC3c4[nH]c5ccccc5c4CCN(C2)C13. The van der Waals surface area contributed by atoms with Gasteiger partial charge >= 0.3 is 0 Å². The van der Waals surface area contributed by atoms with Gasteiger partial charge < -0.3 is 4.98 Å². The van der Waals surface area contributed by atoms with Crippen molar-refractivity contribution in [2.75, 3.05) is 13.1 Å². The number of piperidine rings is 1. The summed E-state index contributed by atoms with van der Waals surface area (Å²) in [6, 6.07) is 9.52. The molecule has 6 rings (SSSR count). The van der Waals surface area contributed by atoms with Crippen molar-refractivity contribution in [3.63, 3.8) is 0 Å². The van der Waals surface area contributed by atoms with Crippen LogP contribution in [0.2, 0.25) is 0 Å². The van der Waals surface area contributed by atoms with Crippen LogP contribution in [0.1, 0.15) is 36.9 Å². The first-order valence-electron chi connectivity index (χ1n) is 8.39. The van der Waals surface area contributed by atoms with Gasteiger partial charge in [0.25, 0.3) is 0 Å². The zero-order valence-electron chi connectivity index (χ0n) is 12.6. The van der Waals surface area contributed by atoms with E-state index in [-0.39, 0.29) is 0 Å².